The average Bonchev–Trinajstić information content (AvgIpc) is 2.53. The zero-order valence-electron chi connectivity index (χ0n) is 10.3. The van der Waals surface area contributed by atoms with E-state index in [9.17, 15) is 4.79 Å². The van der Waals surface area contributed by atoms with E-state index in [1.165, 1.54) is 6.42 Å². The van der Waals surface area contributed by atoms with Crippen molar-refractivity contribution < 1.29 is 4.79 Å². The van der Waals surface area contributed by atoms with Crippen molar-refractivity contribution in [3.63, 3.8) is 0 Å². The lowest BCUT2D eigenvalue weighted by molar-refractivity contribution is 0.0856. The second kappa shape index (κ2) is 5.50. The van der Waals surface area contributed by atoms with Gasteiger partial charge >= 0.3 is 0 Å². The van der Waals surface area contributed by atoms with Crippen LogP contribution in [0.4, 0.5) is 0 Å². The van der Waals surface area contributed by atoms with Crippen molar-refractivity contribution in [1.29, 1.82) is 0 Å². The van der Waals surface area contributed by atoms with Gasteiger partial charge in [-0.05, 0) is 13.0 Å². The van der Waals surface area contributed by atoms with Crippen LogP contribution in [-0.4, -0.2) is 17.4 Å². The molecule has 2 rings (SSSR count). The van der Waals surface area contributed by atoms with Crippen molar-refractivity contribution in [2.24, 2.45) is 0 Å². The van der Waals surface area contributed by atoms with Crippen molar-refractivity contribution in [2.45, 2.75) is 27.2 Å². The molecular formula is C14H19NO. The molecule has 1 amide bonds. The lowest BCUT2D eigenvalue weighted by atomic mass is 10.1. The highest BCUT2D eigenvalue weighted by molar-refractivity contribution is 6.08. The summed E-state index contributed by atoms with van der Waals surface area (Å²) in [6.07, 6.45) is 1.25. The third-order valence-corrected chi connectivity index (χ3v) is 2.36. The summed E-state index contributed by atoms with van der Waals surface area (Å²) in [5, 5.41) is 0. The molecule has 1 heterocycles. The van der Waals surface area contributed by atoms with Gasteiger partial charge in [0.25, 0.3) is 5.91 Å². The van der Waals surface area contributed by atoms with Gasteiger partial charge in [-0.2, -0.15) is 0 Å². The summed E-state index contributed by atoms with van der Waals surface area (Å²) in [6, 6.07) is 7.59. The summed E-state index contributed by atoms with van der Waals surface area (Å²) >= 11 is 0. The number of hydrogen-bond donors (Lipinski definition) is 0. The highest BCUT2D eigenvalue weighted by Crippen LogP contribution is 2.30. The summed E-state index contributed by atoms with van der Waals surface area (Å²) in [6.45, 7) is 10.8. The van der Waals surface area contributed by atoms with E-state index in [0.717, 1.165) is 16.8 Å². The molecule has 0 aromatic heterocycles. The van der Waals surface area contributed by atoms with Crippen molar-refractivity contribution >= 4 is 11.6 Å². The number of rotatable bonds is 1. The maximum atomic E-state index is 11.7. The minimum atomic E-state index is 0.0723. The molecule has 2 heteroatoms. The Morgan fingerprint density at radius 1 is 1.12 bits per heavy atom. The molecule has 0 bridgehead atoms. The fourth-order valence-electron chi connectivity index (χ4n) is 1.67. The van der Waals surface area contributed by atoms with Gasteiger partial charge in [-0.25, -0.2) is 0 Å². The van der Waals surface area contributed by atoms with Crippen molar-refractivity contribution in [3.05, 3.63) is 42.0 Å². The SMILES string of the molecule is C=C1c2ccccc2C(=O)N1CC.CCC. The summed E-state index contributed by atoms with van der Waals surface area (Å²) in [4.78, 5) is 13.4. The topological polar surface area (TPSA) is 20.3 Å². The van der Waals surface area contributed by atoms with Crippen LogP contribution in [0.2, 0.25) is 0 Å². The number of carbonyl (C=O) groups excluding carboxylic acids is 1. The first-order valence-corrected chi connectivity index (χ1v) is 5.77. The average molecular weight is 217 g/mol. The van der Waals surface area contributed by atoms with Gasteiger partial charge in [0.2, 0.25) is 0 Å². The Balaban J connectivity index is 0.000000386. The number of carbonyl (C=O) groups is 1. The van der Waals surface area contributed by atoms with E-state index in [-0.39, 0.29) is 5.91 Å². The quantitative estimate of drug-likeness (QED) is 0.704. The second-order valence-electron chi connectivity index (χ2n) is 3.75. The number of amides is 1. The van der Waals surface area contributed by atoms with Crippen molar-refractivity contribution in [2.75, 3.05) is 6.54 Å². The number of hydrogen-bond acceptors (Lipinski definition) is 1. The maximum Gasteiger partial charge on any atom is 0.258 e. The molecule has 1 aliphatic heterocycles. The molecular weight excluding hydrogens is 198 g/mol. The van der Waals surface area contributed by atoms with Crippen LogP contribution < -0.4 is 0 Å². The maximum absolute atomic E-state index is 11.7. The number of fused-ring (bicyclic) bond motifs is 1. The Labute approximate surface area is 97.6 Å². The molecule has 0 N–H and O–H groups in total. The molecule has 0 aliphatic carbocycles. The third-order valence-electron chi connectivity index (χ3n) is 2.36. The molecule has 0 saturated heterocycles. The monoisotopic (exact) mass is 217 g/mol. The molecule has 0 radical (unpaired) electrons. The van der Waals surface area contributed by atoms with E-state index in [1.807, 2.05) is 31.2 Å². The van der Waals surface area contributed by atoms with E-state index in [1.54, 1.807) is 4.90 Å². The third kappa shape index (κ3) is 2.16. The fraction of sp³-hybridized carbons (Fsp3) is 0.357. The molecule has 0 unspecified atom stereocenters. The Kier molecular flexibility index (Phi) is 4.29. The van der Waals surface area contributed by atoms with E-state index < -0.39 is 0 Å². The summed E-state index contributed by atoms with van der Waals surface area (Å²) < 4.78 is 0. The lowest BCUT2D eigenvalue weighted by Gasteiger charge is -2.13. The first kappa shape index (κ1) is 12.5. The number of benzene rings is 1. The predicted molar refractivity (Wildman–Crippen MR) is 68.2 cm³/mol. The molecule has 1 aromatic rings. The zero-order chi connectivity index (χ0) is 12.1. The van der Waals surface area contributed by atoms with Gasteiger partial charge < -0.3 is 4.90 Å². The number of nitrogens with zero attached hydrogens (tertiary/aromatic N) is 1. The highest BCUT2D eigenvalue weighted by atomic mass is 16.2. The fourth-order valence-corrected chi connectivity index (χ4v) is 1.67. The largest absolute Gasteiger partial charge is 0.309 e. The highest BCUT2D eigenvalue weighted by Gasteiger charge is 2.28. The Bertz CT molecular complexity index is 360. The summed E-state index contributed by atoms with van der Waals surface area (Å²) in [5.74, 6) is 0.0723. The zero-order valence-corrected chi connectivity index (χ0v) is 10.3. The molecule has 2 nitrogen and oxygen atoms in total. The van der Waals surface area contributed by atoms with Crippen molar-refractivity contribution in [3.8, 4) is 0 Å². The van der Waals surface area contributed by atoms with Gasteiger partial charge in [0.1, 0.15) is 0 Å². The molecule has 0 fully saturated rings. The molecule has 86 valence electrons. The Hall–Kier alpha value is -1.57. The Morgan fingerprint density at radius 3 is 2.06 bits per heavy atom. The second-order valence-corrected chi connectivity index (χ2v) is 3.75. The van der Waals surface area contributed by atoms with Gasteiger partial charge in [-0.1, -0.05) is 45.0 Å². The first-order chi connectivity index (χ1) is 7.67. The minimum Gasteiger partial charge on any atom is -0.309 e. The molecule has 0 spiro atoms. The van der Waals surface area contributed by atoms with Gasteiger partial charge in [0.05, 0.1) is 0 Å². The van der Waals surface area contributed by atoms with E-state index in [2.05, 4.69) is 20.4 Å². The van der Waals surface area contributed by atoms with Crippen LogP contribution in [0.5, 0.6) is 0 Å². The van der Waals surface area contributed by atoms with Crippen LogP contribution in [0.25, 0.3) is 5.70 Å². The normalized spacial score (nSPS) is 13.3. The molecule has 1 aliphatic rings. The molecule has 16 heavy (non-hydrogen) atoms. The van der Waals surface area contributed by atoms with Gasteiger partial charge in [0, 0.05) is 23.4 Å². The van der Waals surface area contributed by atoms with Crippen LogP contribution in [0.15, 0.2) is 30.8 Å². The van der Waals surface area contributed by atoms with E-state index in [4.69, 9.17) is 0 Å². The summed E-state index contributed by atoms with van der Waals surface area (Å²) in [7, 11) is 0. The smallest absolute Gasteiger partial charge is 0.258 e. The molecule has 1 aromatic carbocycles. The van der Waals surface area contributed by atoms with Crippen LogP contribution in [0.1, 0.15) is 43.1 Å². The summed E-state index contributed by atoms with van der Waals surface area (Å²) in [5.41, 5.74) is 2.56. The van der Waals surface area contributed by atoms with Crippen LogP contribution >= 0.6 is 0 Å². The van der Waals surface area contributed by atoms with E-state index in [0.29, 0.717) is 6.54 Å². The predicted octanol–water partition coefficient (Wildman–Crippen LogP) is 3.55. The van der Waals surface area contributed by atoms with Crippen molar-refractivity contribution in [1.82, 2.24) is 4.90 Å². The Morgan fingerprint density at radius 2 is 1.62 bits per heavy atom. The van der Waals surface area contributed by atoms with Crippen LogP contribution in [-0.2, 0) is 0 Å². The standard InChI is InChI=1S/C11H11NO.C3H8/c1-3-12-8(2)9-6-4-5-7-10(9)11(12)13;1-3-2/h4-7H,2-3H2,1H3;3H2,1-2H3. The van der Waals surface area contributed by atoms with Crippen LogP contribution in [0, 0.1) is 0 Å². The van der Waals surface area contributed by atoms with Gasteiger partial charge in [-0.15, -0.1) is 0 Å². The molecule has 0 atom stereocenters. The minimum absolute atomic E-state index is 0.0723. The van der Waals surface area contributed by atoms with Gasteiger partial charge in [-0.3, -0.25) is 4.79 Å². The van der Waals surface area contributed by atoms with Crippen LogP contribution in [0.3, 0.4) is 0 Å². The van der Waals surface area contributed by atoms with Gasteiger partial charge in [0.15, 0.2) is 0 Å². The first-order valence-electron chi connectivity index (χ1n) is 5.77. The lowest BCUT2D eigenvalue weighted by Crippen LogP contribution is -2.21. The molecule has 0 saturated carbocycles. The van der Waals surface area contributed by atoms with E-state index >= 15 is 0 Å².